The lowest BCUT2D eigenvalue weighted by atomic mass is 9.71. The highest BCUT2D eigenvalue weighted by molar-refractivity contribution is 7.83. The van der Waals surface area contributed by atoms with E-state index in [1.807, 2.05) is 24.3 Å². The molecule has 2 heterocycles. The smallest absolute Gasteiger partial charge is 0.157 e. The largest absolute Gasteiger partial charge is 0.491 e. The Kier molecular flexibility index (Phi) is 15.3. The Labute approximate surface area is 284 Å². The van der Waals surface area contributed by atoms with E-state index < -0.39 is 11.0 Å². The Morgan fingerprint density at radius 1 is 1.07 bits per heavy atom. The fraction of sp³-hybridized carbons (Fsp3) is 0.649. The number of nitrogens with zero attached hydrogens (tertiary/aromatic N) is 1. The van der Waals surface area contributed by atoms with Gasteiger partial charge in [0, 0.05) is 41.3 Å². The highest BCUT2D eigenvalue weighted by Crippen LogP contribution is 2.43. The van der Waals surface area contributed by atoms with Gasteiger partial charge in [0.2, 0.25) is 0 Å². The lowest BCUT2D eigenvalue weighted by Gasteiger charge is -2.42. The second-order valence-electron chi connectivity index (χ2n) is 12.9. The summed E-state index contributed by atoms with van der Waals surface area (Å²) in [5.74, 6) is 2.27. The molecule has 0 amide bonds. The molecule has 0 aromatic heterocycles. The zero-order valence-corrected chi connectivity index (χ0v) is 29.9. The first-order chi connectivity index (χ1) is 22.4. The van der Waals surface area contributed by atoms with E-state index in [1.54, 1.807) is 7.05 Å². The summed E-state index contributed by atoms with van der Waals surface area (Å²) in [4.78, 5) is 14.0. The van der Waals surface area contributed by atoms with Crippen molar-refractivity contribution < 1.29 is 23.2 Å². The minimum atomic E-state index is -0.816. The van der Waals surface area contributed by atoms with Crippen molar-refractivity contribution in [1.29, 1.82) is 0 Å². The van der Waals surface area contributed by atoms with Gasteiger partial charge in [-0.15, -0.1) is 0 Å². The molecule has 1 saturated heterocycles. The van der Waals surface area contributed by atoms with E-state index in [9.17, 15) is 9.00 Å². The van der Waals surface area contributed by atoms with Gasteiger partial charge in [-0.3, -0.25) is 4.79 Å². The van der Waals surface area contributed by atoms with Crippen LogP contribution in [0.25, 0.3) is 0 Å². The van der Waals surface area contributed by atoms with Crippen LogP contribution >= 0.6 is 11.6 Å². The van der Waals surface area contributed by atoms with Crippen LogP contribution < -0.4 is 14.4 Å². The molecule has 7 nitrogen and oxygen atoms in total. The second-order valence-corrected chi connectivity index (χ2v) is 15.0. The molecule has 2 aromatic rings. The quantitative estimate of drug-likeness (QED) is 0.204. The summed E-state index contributed by atoms with van der Waals surface area (Å²) in [5.41, 5.74) is 4.34. The average molecular weight is 675 g/mol. The number of carbonyl (C=O) groups is 1. The number of aldehydes is 1. The van der Waals surface area contributed by atoms with Gasteiger partial charge in [0.15, 0.2) is 6.29 Å². The molecule has 5 atom stereocenters. The molecule has 0 bridgehead atoms. The van der Waals surface area contributed by atoms with Crippen LogP contribution in [0.15, 0.2) is 36.4 Å². The van der Waals surface area contributed by atoms with Crippen molar-refractivity contribution in [3.8, 4) is 5.75 Å². The lowest BCUT2D eigenvalue weighted by Crippen LogP contribution is -2.42. The molecule has 1 N–H and O–H groups in total. The van der Waals surface area contributed by atoms with Gasteiger partial charge >= 0.3 is 0 Å². The van der Waals surface area contributed by atoms with Gasteiger partial charge in [0.1, 0.15) is 12.0 Å². The van der Waals surface area contributed by atoms with Crippen LogP contribution in [-0.4, -0.2) is 62.0 Å². The normalized spacial score (nSPS) is 22.7. The van der Waals surface area contributed by atoms with Crippen molar-refractivity contribution in [2.24, 2.45) is 11.8 Å². The first kappa shape index (κ1) is 36.9. The maximum atomic E-state index is 11.6. The number of carbonyl (C=O) groups excluding carboxylic acids is 1. The fourth-order valence-corrected chi connectivity index (χ4v) is 8.07. The highest BCUT2D eigenvalue weighted by Gasteiger charge is 2.37. The maximum Gasteiger partial charge on any atom is 0.157 e. The molecule has 3 aliphatic rings. The minimum absolute atomic E-state index is 0.0589. The van der Waals surface area contributed by atoms with Gasteiger partial charge in [-0.1, -0.05) is 57.7 Å². The number of halogens is 1. The number of anilines is 1. The fourth-order valence-electron chi connectivity index (χ4n) is 6.86. The summed E-state index contributed by atoms with van der Waals surface area (Å²) in [6.45, 7) is 10.5. The average Bonchev–Trinajstić information content (AvgIpc) is 3.25. The van der Waals surface area contributed by atoms with Crippen molar-refractivity contribution in [1.82, 2.24) is 4.72 Å². The molecule has 46 heavy (non-hydrogen) atoms. The van der Waals surface area contributed by atoms with Gasteiger partial charge in [0.25, 0.3) is 0 Å². The third-order valence-corrected chi connectivity index (χ3v) is 11.5. The van der Waals surface area contributed by atoms with E-state index in [2.05, 4.69) is 42.5 Å². The zero-order valence-electron chi connectivity index (χ0n) is 28.3. The number of rotatable bonds is 14. The molecule has 9 heteroatoms. The third-order valence-electron chi connectivity index (χ3n) is 9.66. The molecule has 2 aliphatic heterocycles. The summed E-state index contributed by atoms with van der Waals surface area (Å²) < 4.78 is 32.1. The SMILES string of the molecule is CCCCC(CC)S(=O)NC.CCCc1cc(Cl)ccc1C1COc2ccc(C=O)cc2N(CC2CCC2CC2OCCCO2)C1. The molecular formula is C37H55ClN2O5S. The van der Waals surface area contributed by atoms with Crippen LogP contribution in [-0.2, 0) is 26.9 Å². The van der Waals surface area contributed by atoms with Gasteiger partial charge in [-0.05, 0) is 98.9 Å². The second kappa shape index (κ2) is 19.1. The standard InChI is InChI=1S/C29H36ClNO4.C8H19NOS/c1-2-4-22-14-25(30)8-9-26(22)24-17-31(27-13-20(18-32)5-10-28(27)35-19-24)16-23-7-6-21(23)15-29-33-11-3-12-34-29;1-4-6-7-8(5-2)11(10)9-3/h5,8-10,13-14,18,21,23-24,29H,2-4,6-7,11-12,15-17,19H2,1H3;8-9H,4-7H2,1-3H3. The van der Waals surface area contributed by atoms with Gasteiger partial charge < -0.3 is 19.1 Å². The minimum Gasteiger partial charge on any atom is -0.491 e. The predicted octanol–water partition coefficient (Wildman–Crippen LogP) is 8.11. The highest BCUT2D eigenvalue weighted by atomic mass is 35.5. The van der Waals surface area contributed by atoms with Crippen molar-refractivity contribution >= 4 is 34.6 Å². The van der Waals surface area contributed by atoms with Crippen LogP contribution in [0.5, 0.6) is 5.75 Å². The van der Waals surface area contributed by atoms with Gasteiger partial charge in [-0.2, -0.15) is 0 Å². The molecule has 1 aliphatic carbocycles. The Bertz CT molecular complexity index is 1260. The van der Waals surface area contributed by atoms with E-state index in [-0.39, 0.29) is 12.2 Å². The van der Waals surface area contributed by atoms with E-state index in [0.717, 1.165) is 87.6 Å². The molecule has 0 spiro atoms. The van der Waals surface area contributed by atoms with E-state index >= 15 is 0 Å². The molecule has 2 fully saturated rings. The number of nitrogens with one attached hydrogen (secondary N) is 1. The number of fused-ring (bicyclic) bond motifs is 1. The summed E-state index contributed by atoms with van der Waals surface area (Å²) in [6.07, 6.45) is 11.8. The summed E-state index contributed by atoms with van der Waals surface area (Å²) in [7, 11) is 0.938. The topological polar surface area (TPSA) is 77.1 Å². The first-order valence-electron chi connectivity index (χ1n) is 17.5. The van der Waals surface area contributed by atoms with Gasteiger partial charge in [0.05, 0.1) is 36.5 Å². The van der Waals surface area contributed by atoms with Crippen molar-refractivity contribution in [3.63, 3.8) is 0 Å². The number of unbranched alkanes of at least 4 members (excludes halogenated alkanes) is 1. The number of hydrogen-bond donors (Lipinski definition) is 1. The Balaban J connectivity index is 0.000000375. The number of hydrogen-bond acceptors (Lipinski definition) is 6. The van der Waals surface area contributed by atoms with E-state index in [1.165, 1.54) is 36.8 Å². The van der Waals surface area contributed by atoms with Crippen molar-refractivity contribution in [2.45, 2.75) is 102 Å². The van der Waals surface area contributed by atoms with Crippen LogP contribution in [0.4, 0.5) is 5.69 Å². The monoisotopic (exact) mass is 674 g/mol. The number of benzene rings is 2. The first-order valence-corrected chi connectivity index (χ1v) is 19.1. The zero-order chi connectivity index (χ0) is 32.9. The van der Waals surface area contributed by atoms with Gasteiger partial charge in [-0.25, -0.2) is 8.93 Å². The predicted molar refractivity (Wildman–Crippen MR) is 190 cm³/mol. The Hall–Kier alpha value is -1.97. The van der Waals surface area contributed by atoms with Crippen LogP contribution in [0.3, 0.4) is 0 Å². The third kappa shape index (κ3) is 10.3. The molecule has 0 radical (unpaired) electrons. The molecule has 256 valence electrons. The summed E-state index contributed by atoms with van der Waals surface area (Å²) >= 11 is 6.35. The van der Waals surface area contributed by atoms with Crippen molar-refractivity contribution in [2.75, 3.05) is 44.9 Å². The summed E-state index contributed by atoms with van der Waals surface area (Å²) in [6, 6.07) is 12.1. The van der Waals surface area contributed by atoms with E-state index in [0.29, 0.717) is 29.3 Å². The Morgan fingerprint density at radius 2 is 1.85 bits per heavy atom. The summed E-state index contributed by atoms with van der Waals surface area (Å²) in [5, 5.41) is 1.13. The van der Waals surface area contributed by atoms with E-state index in [4.69, 9.17) is 25.8 Å². The number of ether oxygens (including phenoxy) is 3. The number of aryl methyl sites for hydroxylation is 1. The molecule has 5 unspecified atom stereocenters. The van der Waals surface area contributed by atoms with Crippen LogP contribution in [0.2, 0.25) is 5.02 Å². The van der Waals surface area contributed by atoms with Crippen LogP contribution in [0, 0.1) is 11.8 Å². The molecule has 1 saturated carbocycles. The van der Waals surface area contributed by atoms with Crippen molar-refractivity contribution in [3.05, 3.63) is 58.1 Å². The molecular weight excluding hydrogens is 620 g/mol. The Morgan fingerprint density at radius 3 is 2.50 bits per heavy atom. The maximum absolute atomic E-state index is 11.6. The molecule has 2 aromatic carbocycles. The molecule has 5 rings (SSSR count). The lowest BCUT2D eigenvalue weighted by molar-refractivity contribution is -0.192. The van der Waals surface area contributed by atoms with Crippen LogP contribution in [0.1, 0.15) is 106 Å².